The molecule has 0 atom stereocenters. The van der Waals surface area contributed by atoms with Crippen molar-refractivity contribution in [3.8, 4) is 0 Å². The van der Waals surface area contributed by atoms with Crippen molar-refractivity contribution in [2.45, 2.75) is 34.2 Å². The molecule has 3 nitrogen and oxygen atoms in total. The lowest BCUT2D eigenvalue weighted by molar-refractivity contribution is 0.478. The molecule has 18 heavy (non-hydrogen) atoms. The highest BCUT2D eigenvalue weighted by Gasteiger charge is 2.08. The van der Waals surface area contributed by atoms with Crippen molar-refractivity contribution in [2.75, 3.05) is 5.32 Å². The third-order valence-corrected chi connectivity index (χ3v) is 3.44. The van der Waals surface area contributed by atoms with E-state index in [-0.39, 0.29) is 0 Å². The van der Waals surface area contributed by atoms with E-state index in [1.807, 2.05) is 13.8 Å². The van der Waals surface area contributed by atoms with Gasteiger partial charge in [-0.15, -0.1) is 0 Å². The Kier molecular flexibility index (Phi) is 3.76. The van der Waals surface area contributed by atoms with E-state index in [9.17, 15) is 0 Å². The third kappa shape index (κ3) is 2.75. The van der Waals surface area contributed by atoms with Crippen LogP contribution in [-0.4, -0.2) is 4.98 Å². The zero-order valence-electron chi connectivity index (χ0n) is 11.1. The monoisotopic (exact) mass is 308 g/mol. The molecule has 0 spiro atoms. The van der Waals surface area contributed by atoms with Crippen molar-refractivity contribution in [1.82, 2.24) is 4.98 Å². The Morgan fingerprint density at radius 3 is 2.28 bits per heavy atom. The lowest BCUT2D eigenvalue weighted by Crippen LogP contribution is -2.03. The molecular formula is C14H17BrN2O. The van der Waals surface area contributed by atoms with Gasteiger partial charge in [-0.1, -0.05) is 15.9 Å². The van der Waals surface area contributed by atoms with Crippen LogP contribution in [-0.2, 0) is 6.54 Å². The largest absolute Gasteiger partial charge is 0.444 e. The molecule has 4 heteroatoms. The van der Waals surface area contributed by atoms with Crippen LogP contribution in [0.2, 0.25) is 0 Å². The van der Waals surface area contributed by atoms with Gasteiger partial charge < -0.3 is 9.73 Å². The van der Waals surface area contributed by atoms with Crippen LogP contribution in [0.15, 0.2) is 21.0 Å². The van der Waals surface area contributed by atoms with Crippen LogP contribution < -0.4 is 5.32 Å². The molecule has 96 valence electrons. The molecule has 0 fully saturated rings. The van der Waals surface area contributed by atoms with Gasteiger partial charge in [0, 0.05) is 10.2 Å². The predicted octanol–water partition coefficient (Wildman–Crippen LogP) is 4.28. The van der Waals surface area contributed by atoms with E-state index in [1.165, 1.54) is 11.1 Å². The first kappa shape index (κ1) is 13.1. The molecule has 0 aliphatic carbocycles. The summed E-state index contributed by atoms with van der Waals surface area (Å²) in [6, 6.07) is 4.20. The van der Waals surface area contributed by atoms with Gasteiger partial charge in [0.15, 0.2) is 0 Å². The molecule has 1 heterocycles. The Balaban J connectivity index is 2.15. The summed E-state index contributed by atoms with van der Waals surface area (Å²) in [5.74, 6) is 1.61. The predicted molar refractivity (Wildman–Crippen MR) is 76.9 cm³/mol. The Morgan fingerprint density at radius 1 is 1.17 bits per heavy atom. The maximum Gasteiger partial charge on any atom is 0.213 e. The fourth-order valence-corrected chi connectivity index (χ4v) is 2.66. The van der Waals surface area contributed by atoms with Crippen LogP contribution >= 0.6 is 15.9 Å². The molecule has 0 aliphatic rings. The summed E-state index contributed by atoms with van der Waals surface area (Å²) in [5.41, 5.74) is 4.52. The van der Waals surface area contributed by atoms with E-state index in [1.54, 1.807) is 0 Å². The minimum atomic E-state index is 0.609. The number of anilines is 1. The second-order valence-corrected chi connectivity index (χ2v) is 5.43. The Bertz CT molecular complexity index is 533. The van der Waals surface area contributed by atoms with Crippen LogP contribution in [0.3, 0.4) is 0 Å². The van der Waals surface area contributed by atoms with E-state index < -0.39 is 0 Å². The van der Waals surface area contributed by atoms with Crippen molar-refractivity contribution >= 4 is 21.6 Å². The van der Waals surface area contributed by atoms with Crippen molar-refractivity contribution in [3.63, 3.8) is 0 Å². The highest BCUT2D eigenvalue weighted by Crippen LogP contribution is 2.25. The van der Waals surface area contributed by atoms with Crippen LogP contribution in [0.1, 0.15) is 28.5 Å². The highest BCUT2D eigenvalue weighted by atomic mass is 79.9. The number of oxazole rings is 1. The van der Waals surface area contributed by atoms with Crippen molar-refractivity contribution in [1.29, 1.82) is 0 Å². The number of aromatic nitrogens is 1. The zero-order chi connectivity index (χ0) is 13.3. The summed E-state index contributed by atoms with van der Waals surface area (Å²) < 4.78 is 6.66. The van der Waals surface area contributed by atoms with Gasteiger partial charge in [0.05, 0.1) is 12.2 Å². The zero-order valence-corrected chi connectivity index (χ0v) is 12.7. The first-order valence-electron chi connectivity index (χ1n) is 5.91. The van der Waals surface area contributed by atoms with Gasteiger partial charge in [-0.05, 0) is 51.0 Å². The molecule has 0 amide bonds. The number of halogens is 1. The molecule has 0 aliphatic heterocycles. The van der Waals surface area contributed by atoms with E-state index in [4.69, 9.17) is 4.42 Å². The number of nitrogens with zero attached hydrogens (tertiary/aromatic N) is 1. The van der Waals surface area contributed by atoms with Crippen molar-refractivity contribution in [2.24, 2.45) is 0 Å². The molecule has 1 aromatic carbocycles. The number of hydrogen-bond donors (Lipinski definition) is 1. The Labute approximate surface area is 116 Å². The second-order valence-electron chi connectivity index (χ2n) is 4.52. The fourth-order valence-electron chi connectivity index (χ4n) is 1.97. The van der Waals surface area contributed by atoms with Gasteiger partial charge in [-0.2, -0.15) is 0 Å². The van der Waals surface area contributed by atoms with Crippen LogP contribution in [0.4, 0.5) is 5.69 Å². The van der Waals surface area contributed by atoms with E-state index in [2.05, 4.69) is 52.2 Å². The molecule has 0 saturated carbocycles. The van der Waals surface area contributed by atoms with E-state index in [0.717, 1.165) is 27.5 Å². The molecule has 2 aromatic rings. The number of benzene rings is 1. The maximum atomic E-state index is 5.56. The van der Waals surface area contributed by atoms with E-state index >= 15 is 0 Å². The summed E-state index contributed by atoms with van der Waals surface area (Å²) in [5, 5.41) is 3.39. The van der Waals surface area contributed by atoms with Crippen LogP contribution in [0.5, 0.6) is 0 Å². The molecule has 1 aromatic heterocycles. The quantitative estimate of drug-likeness (QED) is 0.919. The fraction of sp³-hybridized carbons (Fsp3) is 0.357. The molecule has 0 bridgehead atoms. The Hall–Kier alpha value is -1.29. The summed E-state index contributed by atoms with van der Waals surface area (Å²) in [6.45, 7) is 8.68. The molecule has 0 saturated heterocycles. The number of hydrogen-bond acceptors (Lipinski definition) is 3. The number of rotatable bonds is 3. The lowest BCUT2D eigenvalue weighted by atomic mass is 10.1. The van der Waals surface area contributed by atoms with Crippen molar-refractivity contribution in [3.05, 3.63) is 45.1 Å². The molecular weight excluding hydrogens is 292 g/mol. The first-order chi connectivity index (χ1) is 8.47. The molecule has 0 radical (unpaired) electrons. The maximum absolute atomic E-state index is 5.56. The van der Waals surface area contributed by atoms with Crippen molar-refractivity contribution < 1.29 is 4.42 Å². The van der Waals surface area contributed by atoms with Gasteiger partial charge >= 0.3 is 0 Å². The normalized spacial score (nSPS) is 10.7. The van der Waals surface area contributed by atoms with Crippen LogP contribution in [0.25, 0.3) is 0 Å². The second kappa shape index (κ2) is 5.14. The summed E-state index contributed by atoms with van der Waals surface area (Å²) >= 11 is 3.50. The summed E-state index contributed by atoms with van der Waals surface area (Å²) in [6.07, 6.45) is 0. The minimum absolute atomic E-state index is 0.609. The Morgan fingerprint density at radius 2 is 1.78 bits per heavy atom. The van der Waals surface area contributed by atoms with E-state index in [0.29, 0.717) is 6.54 Å². The average Bonchev–Trinajstić information content (AvgIpc) is 2.56. The third-order valence-electron chi connectivity index (χ3n) is 2.99. The summed E-state index contributed by atoms with van der Waals surface area (Å²) in [4.78, 5) is 4.36. The van der Waals surface area contributed by atoms with Crippen LogP contribution in [0, 0.1) is 27.7 Å². The van der Waals surface area contributed by atoms with Gasteiger partial charge in [0.25, 0.3) is 0 Å². The van der Waals surface area contributed by atoms with Gasteiger partial charge in [-0.3, -0.25) is 0 Å². The topological polar surface area (TPSA) is 38.1 Å². The highest BCUT2D eigenvalue weighted by molar-refractivity contribution is 9.10. The number of aryl methyl sites for hydroxylation is 4. The SMILES string of the molecule is Cc1cc(Br)cc(C)c1NCc1nc(C)c(C)o1. The van der Waals surface area contributed by atoms with Gasteiger partial charge in [0.1, 0.15) is 5.76 Å². The molecule has 2 rings (SSSR count). The first-order valence-corrected chi connectivity index (χ1v) is 6.70. The van der Waals surface area contributed by atoms with Gasteiger partial charge in [0.2, 0.25) is 5.89 Å². The smallest absolute Gasteiger partial charge is 0.213 e. The minimum Gasteiger partial charge on any atom is -0.444 e. The number of nitrogens with one attached hydrogen (secondary N) is 1. The van der Waals surface area contributed by atoms with Gasteiger partial charge in [-0.25, -0.2) is 4.98 Å². The standard InChI is InChI=1S/C14H17BrN2O/c1-8-5-12(15)6-9(2)14(8)16-7-13-17-10(3)11(4)18-13/h5-6,16H,7H2,1-4H3. The molecule has 0 unspecified atom stereocenters. The molecule has 1 N–H and O–H groups in total. The average molecular weight is 309 g/mol. The lowest BCUT2D eigenvalue weighted by Gasteiger charge is -2.11. The summed E-state index contributed by atoms with van der Waals surface area (Å²) in [7, 11) is 0.